The highest BCUT2D eigenvalue weighted by Gasteiger charge is 2.16. The van der Waals surface area contributed by atoms with Gasteiger partial charge in [0.2, 0.25) is 0 Å². The average molecular weight is 360 g/mol. The lowest BCUT2D eigenvalue weighted by molar-refractivity contribution is 0.414. The third-order valence-electron chi connectivity index (χ3n) is 2.98. The Kier molecular flexibility index (Phi) is 4.77. The van der Waals surface area contributed by atoms with Gasteiger partial charge in [-0.25, -0.2) is 0 Å². The highest BCUT2D eigenvalue weighted by molar-refractivity contribution is 9.10. The summed E-state index contributed by atoms with van der Waals surface area (Å²) in [5.74, 6) is 0.829. The van der Waals surface area contributed by atoms with E-state index in [4.69, 9.17) is 27.9 Å². The lowest BCUT2D eigenvalue weighted by Crippen LogP contribution is -1.98. The molecule has 0 heterocycles. The SMILES string of the molecule is COc1ccc(C(Cl)c2cc(Cl)ccc2Br)c(C)c1. The fourth-order valence-corrected chi connectivity index (χ4v) is 3.15. The van der Waals surface area contributed by atoms with Crippen molar-refractivity contribution in [2.24, 2.45) is 0 Å². The predicted octanol–water partition coefficient (Wildman–Crippen LogP) is 5.75. The van der Waals surface area contributed by atoms with E-state index in [2.05, 4.69) is 15.9 Å². The van der Waals surface area contributed by atoms with Gasteiger partial charge in [0, 0.05) is 9.50 Å². The molecule has 0 bridgehead atoms. The molecule has 0 aromatic heterocycles. The number of methoxy groups -OCH3 is 1. The van der Waals surface area contributed by atoms with Crippen molar-refractivity contribution in [1.29, 1.82) is 0 Å². The average Bonchev–Trinajstić information content (AvgIpc) is 2.40. The molecule has 4 heteroatoms. The zero-order chi connectivity index (χ0) is 14.0. The molecule has 0 N–H and O–H groups in total. The third kappa shape index (κ3) is 3.25. The van der Waals surface area contributed by atoms with Gasteiger partial charge in [0.05, 0.1) is 12.5 Å². The maximum atomic E-state index is 6.58. The van der Waals surface area contributed by atoms with E-state index in [1.165, 1.54) is 0 Å². The van der Waals surface area contributed by atoms with Gasteiger partial charge in [0.1, 0.15) is 5.75 Å². The number of hydrogen-bond donors (Lipinski definition) is 0. The van der Waals surface area contributed by atoms with Crippen molar-refractivity contribution in [3.8, 4) is 5.75 Å². The highest BCUT2D eigenvalue weighted by atomic mass is 79.9. The Bertz CT molecular complexity index is 599. The van der Waals surface area contributed by atoms with Crippen molar-refractivity contribution in [2.75, 3.05) is 7.11 Å². The summed E-state index contributed by atoms with van der Waals surface area (Å²) in [5, 5.41) is 0.425. The summed E-state index contributed by atoms with van der Waals surface area (Å²) < 4.78 is 6.16. The predicted molar refractivity (Wildman–Crippen MR) is 84.6 cm³/mol. The van der Waals surface area contributed by atoms with Crippen molar-refractivity contribution in [1.82, 2.24) is 0 Å². The van der Waals surface area contributed by atoms with Crippen LogP contribution in [0, 0.1) is 6.92 Å². The molecule has 0 fully saturated rings. The van der Waals surface area contributed by atoms with Crippen LogP contribution in [0.3, 0.4) is 0 Å². The van der Waals surface area contributed by atoms with E-state index in [0.29, 0.717) is 5.02 Å². The van der Waals surface area contributed by atoms with Crippen LogP contribution in [-0.4, -0.2) is 7.11 Å². The molecule has 2 aromatic rings. The number of halogens is 3. The molecule has 1 atom stereocenters. The van der Waals surface area contributed by atoms with Gasteiger partial charge in [-0.2, -0.15) is 0 Å². The highest BCUT2D eigenvalue weighted by Crippen LogP contribution is 2.37. The third-order valence-corrected chi connectivity index (χ3v) is 4.41. The summed E-state index contributed by atoms with van der Waals surface area (Å²) in [4.78, 5) is 0. The molecule has 0 spiro atoms. The van der Waals surface area contributed by atoms with E-state index in [1.54, 1.807) is 7.11 Å². The van der Waals surface area contributed by atoms with Crippen LogP contribution in [-0.2, 0) is 0 Å². The second-order valence-electron chi connectivity index (χ2n) is 4.25. The molecule has 1 nitrogen and oxygen atoms in total. The minimum atomic E-state index is -0.251. The van der Waals surface area contributed by atoms with E-state index in [9.17, 15) is 0 Å². The van der Waals surface area contributed by atoms with E-state index in [0.717, 1.165) is 26.9 Å². The second-order valence-corrected chi connectivity index (χ2v) is 5.98. The molecule has 2 aromatic carbocycles. The molecule has 0 saturated carbocycles. The van der Waals surface area contributed by atoms with E-state index < -0.39 is 0 Å². The zero-order valence-electron chi connectivity index (χ0n) is 10.6. The van der Waals surface area contributed by atoms with Crippen molar-refractivity contribution >= 4 is 39.1 Å². The fourth-order valence-electron chi connectivity index (χ4n) is 1.94. The number of rotatable bonds is 3. The van der Waals surface area contributed by atoms with Crippen molar-refractivity contribution in [2.45, 2.75) is 12.3 Å². The summed E-state index contributed by atoms with van der Waals surface area (Å²) in [6, 6.07) is 11.5. The van der Waals surface area contributed by atoms with Gasteiger partial charge in [-0.1, -0.05) is 33.6 Å². The standard InChI is InChI=1S/C15H13BrCl2O/c1-9-7-11(19-2)4-5-12(9)15(18)13-8-10(17)3-6-14(13)16/h3-8,15H,1-2H3. The molecule has 100 valence electrons. The summed E-state index contributed by atoms with van der Waals surface area (Å²) in [6.07, 6.45) is 0. The van der Waals surface area contributed by atoms with Gasteiger partial charge in [-0.3, -0.25) is 0 Å². The molecule has 0 aliphatic heterocycles. The molecule has 0 saturated heterocycles. The van der Waals surface area contributed by atoms with Crippen LogP contribution < -0.4 is 4.74 Å². The van der Waals surface area contributed by atoms with Crippen LogP contribution in [0.25, 0.3) is 0 Å². The van der Waals surface area contributed by atoms with Gasteiger partial charge in [-0.05, 0) is 53.9 Å². The smallest absolute Gasteiger partial charge is 0.119 e. The van der Waals surface area contributed by atoms with E-state index >= 15 is 0 Å². The zero-order valence-corrected chi connectivity index (χ0v) is 13.7. The molecule has 0 aliphatic carbocycles. The lowest BCUT2D eigenvalue weighted by atomic mass is 10.00. The van der Waals surface area contributed by atoms with Gasteiger partial charge in [0.15, 0.2) is 0 Å². The molecule has 0 radical (unpaired) electrons. The first-order valence-corrected chi connectivity index (χ1v) is 7.37. The Labute approximate surface area is 131 Å². The lowest BCUT2D eigenvalue weighted by Gasteiger charge is -2.16. The van der Waals surface area contributed by atoms with E-state index in [-0.39, 0.29) is 5.38 Å². The first-order chi connectivity index (χ1) is 9.02. The molecule has 1 unspecified atom stereocenters. The Morgan fingerprint density at radius 1 is 1.11 bits per heavy atom. The quantitative estimate of drug-likeness (QED) is 0.634. The first-order valence-electron chi connectivity index (χ1n) is 5.76. The van der Waals surface area contributed by atoms with Crippen molar-refractivity contribution < 1.29 is 4.74 Å². The van der Waals surface area contributed by atoms with Crippen molar-refractivity contribution in [3.05, 3.63) is 62.6 Å². The summed E-state index contributed by atoms with van der Waals surface area (Å²) in [7, 11) is 1.65. The number of hydrogen-bond acceptors (Lipinski definition) is 1. The van der Waals surface area contributed by atoms with Crippen LogP contribution in [0.2, 0.25) is 5.02 Å². The maximum Gasteiger partial charge on any atom is 0.119 e. The fraction of sp³-hybridized carbons (Fsp3) is 0.200. The monoisotopic (exact) mass is 358 g/mol. The minimum absolute atomic E-state index is 0.251. The molecule has 0 amide bonds. The Hall–Kier alpha value is -0.700. The van der Waals surface area contributed by atoms with Gasteiger partial charge < -0.3 is 4.74 Å². The molecular formula is C15H13BrCl2O. The Morgan fingerprint density at radius 2 is 1.84 bits per heavy atom. The number of alkyl halides is 1. The summed E-state index contributed by atoms with van der Waals surface area (Å²) >= 11 is 16.1. The van der Waals surface area contributed by atoms with Gasteiger partial charge in [-0.15, -0.1) is 11.6 Å². The van der Waals surface area contributed by atoms with Crippen LogP contribution in [0.4, 0.5) is 0 Å². The molecule has 0 aliphatic rings. The number of benzene rings is 2. The maximum absolute atomic E-state index is 6.58. The molecular weight excluding hydrogens is 347 g/mol. The molecule has 19 heavy (non-hydrogen) atoms. The summed E-state index contributed by atoms with van der Waals surface area (Å²) in [5.41, 5.74) is 3.10. The Morgan fingerprint density at radius 3 is 2.47 bits per heavy atom. The normalized spacial score (nSPS) is 12.3. The number of ether oxygens (including phenoxy) is 1. The van der Waals surface area contributed by atoms with Crippen molar-refractivity contribution in [3.63, 3.8) is 0 Å². The van der Waals surface area contributed by atoms with Crippen LogP contribution in [0.5, 0.6) is 5.75 Å². The van der Waals surface area contributed by atoms with Gasteiger partial charge in [0.25, 0.3) is 0 Å². The number of aryl methyl sites for hydroxylation is 1. The van der Waals surface area contributed by atoms with Crippen LogP contribution in [0.1, 0.15) is 22.1 Å². The van der Waals surface area contributed by atoms with Crippen LogP contribution >= 0.6 is 39.1 Å². The second kappa shape index (κ2) is 6.17. The largest absolute Gasteiger partial charge is 0.497 e. The first kappa shape index (κ1) is 14.7. The van der Waals surface area contributed by atoms with E-state index in [1.807, 2.05) is 43.3 Å². The molecule has 2 rings (SSSR count). The van der Waals surface area contributed by atoms with Crippen LogP contribution in [0.15, 0.2) is 40.9 Å². The minimum Gasteiger partial charge on any atom is -0.497 e. The Balaban J connectivity index is 2.43. The van der Waals surface area contributed by atoms with Gasteiger partial charge >= 0.3 is 0 Å². The summed E-state index contributed by atoms with van der Waals surface area (Å²) in [6.45, 7) is 2.02. The topological polar surface area (TPSA) is 9.23 Å².